The Labute approximate surface area is 207 Å². The van der Waals surface area contributed by atoms with Gasteiger partial charge in [0.15, 0.2) is 0 Å². The second-order valence-electron chi connectivity index (χ2n) is 10.9. The van der Waals surface area contributed by atoms with E-state index in [1.54, 1.807) is 6.07 Å². The van der Waals surface area contributed by atoms with Crippen molar-refractivity contribution in [3.8, 4) is 0 Å². The molecule has 1 aliphatic carbocycles. The summed E-state index contributed by atoms with van der Waals surface area (Å²) in [4.78, 5) is 15.8. The summed E-state index contributed by atoms with van der Waals surface area (Å²) in [5, 5.41) is 3.88. The van der Waals surface area contributed by atoms with Crippen LogP contribution in [0.4, 0.5) is 13.2 Å². The normalized spacial score (nSPS) is 30.0. The van der Waals surface area contributed by atoms with Gasteiger partial charge in [0.2, 0.25) is 5.91 Å². The van der Waals surface area contributed by atoms with Crippen LogP contribution >= 0.6 is 0 Å². The van der Waals surface area contributed by atoms with Crippen LogP contribution < -0.4 is 5.32 Å². The highest BCUT2D eigenvalue weighted by Crippen LogP contribution is 2.47. The highest BCUT2D eigenvalue weighted by molar-refractivity contribution is 5.84. The van der Waals surface area contributed by atoms with E-state index in [4.69, 9.17) is 4.74 Å². The highest BCUT2D eigenvalue weighted by atomic mass is 19.4. The van der Waals surface area contributed by atoms with Crippen molar-refractivity contribution in [3.63, 3.8) is 0 Å². The lowest BCUT2D eigenvalue weighted by atomic mass is 9.74. The Morgan fingerprint density at radius 3 is 2.74 bits per heavy atom. The van der Waals surface area contributed by atoms with E-state index in [-0.39, 0.29) is 17.2 Å². The summed E-state index contributed by atoms with van der Waals surface area (Å²) in [6.45, 7) is 9.12. The number of rotatable bonds is 6. The van der Waals surface area contributed by atoms with Gasteiger partial charge >= 0.3 is 6.18 Å². The number of carbonyl (C=O) groups is 1. The van der Waals surface area contributed by atoms with Gasteiger partial charge in [-0.1, -0.05) is 39.0 Å². The Morgan fingerprint density at radius 1 is 1.29 bits per heavy atom. The van der Waals surface area contributed by atoms with Crippen LogP contribution in [0, 0.1) is 17.3 Å². The number of alkyl halides is 3. The topological polar surface area (TPSA) is 41.6 Å². The monoisotopic (exact) mass is 492 g/mol. The van der Waals surface area contributed by atoms with Crippen LogP contribution in [0.5, 0.6) is 0 Å². The first kappa shape index (κ1) is 26.2. The molecule has 4 nitrogen and oxygen atoms in total. The third-order valence-electron chi connectivity index (χ3n) is 8.59. The number of hydrogen-bond donors (Lipinski definition) is 1. The third-order valence-corrected chi connectivity index (χ3v) is 8.59. The molecule has 1 saturated heterocycles. The van der Waals surface area contributed by atoms with Crippen molar-refractivity contribution in [3.05, 3.63) is 41.5 Å². The van der Waals surface area contributed by atoms with E-state index in [1.165, 1.54) is 12.1 Å². The smallest absolute Gasteiger partial charge is 0.381 e. The highest BCUT2D eigenvalue weighted by Gasteiger charge is 2.49. The molecule has 1 saturated carbocycles. The second-order valence-corrected chi connectivity index (χ2v) is 10.9. The first-order chi connectivity index (χ1) is 16.6. The molecule has 0 spiro atoms. The Hall–Kier alpha value is -1.86. The molecular formula is C28H39F3N2O2. The zero-order chi connectivity index (χ0) is 25.2. The molecule has 4 atom stereocenters. The lowest BCUT2D eigenvalue weighted by molar-refractivity contribution is -0.144. The summed E-state index contributed by atoms with van der Waals surface area (Å²) in [7, 11) is 0. The van der Waals surface area contributed by atoms with E-state index < -0.39 is 11.7 Å². The van der Waals surface area contributed by atoms with Gasteiger partial charge in [0.05, 0.1) is 17.6 Å². The molecule has 1 aromatic rings. The first-order valence-electron chi connectivity index (χ1n) is 13.1. The van der Waals surface area contributed by atoms with E-state index in [9.17, 15) is 18.0 Å². The molecule has 7 heteroatoms. The van der Waals surface area contributed by atoms with Crippen molar-refractivity contribution in [2.75, 3.05) is 26.3 Å². The van der Waals surface area contributed by atoms with Crippen LogP contribution in [-0.4, -0.2) is 49.2 Å². The lowest BCUT2D eigenvalue weighted by Gasteiger charge is -2.39. The number of nitrogens with zero attached hydrogens (tertiary/aromatic N) is 1. The Morgan fingerprint density at radius 2 is 2.09 bits per heavy atom. The van der Waals surface area contributed by atoms with Crippen molar-refractivity contribution in [1.82, 2.24) is 10.2 Å². The van der Waals surface area contributed by atoms with Gasteiger partial charge in [-0.25, -0.2) is 0 Å². The maximum absolute atomic E-state index is 13.9. The molecule has 3 aliphatic rings. The molecular weight excluding hydrogens is 453 g/mol. The summed E-state index contributed by atoms with van der Waals surface area (Å²) in [6, 6.07) is 6.28. The number of amides is 1. The molecule has 1 amide bonds. The maximum atomic E-state index is 13.9. The first-order valence-corrected chi connectivity index (χ1v) is 13.1. The lowest BCUT2D eigenvalue weighted by Crippen LogP contribution is -2.49. The Bertz CT molecular complexity index is 929. The number of halogens is 3. The van der Waals surface area contributed by atoms with Gasteiger partial charge in [0.25, 0.3) is 0 Å². The van der Waals surface area contributed by atoms with Crippen LogP contribution in [0.2, 0.25) is 0 Å². The van der Waals surface area contributed by atoms with Gasteiger partial charge in [-0.2, -0.15) is 13.2 Å². The fraction of sp³-hybridized carbons (Fsp3) is 0.679. The number of carbonyl (C=O) groups excluding carboxylic acids is 1. The molecule has 0 aromatic heterocycles. The largest absolute Gasteiger partial charge is 0.416 e. The molecule has 1 N–H and O–H groups in total. The minimum absolute atomic E-state index is 0.204. The number of benzene rings is 1. The van der Waals surface area contributed by atoms with E-state index in [2.05, 4.69) is 26.1 Å². The predicted octanol–water partition coefficient (Wildman–Crippen LogP) is 5.92. The maximum Gasteiger partial charge on any atom is 0.416 e. The molecule has 0 radical (unpaired) electrons. The number of hydrogen-bond acceptors (Lipinski definition) is 3. The van der Waals surface area contributed by atoms with Gasteiger partial charge < -0.3 is 15.0 Å². The molecule has 2 aliphatic heterocycles. The standard InChI is InChI=1S/C28H39F3N2O2/c1-4-20-18-35-15-11-25(20)32-24-8-12-27(17-24,19(2)3)26(34)33-13-9-21(10-14-33)22-6-5-7-23(16-22)28(29,30)31/h5-7,9,16,19-20,24-25,32H,4,8,10-15,17-18H2,1-3H3/t20?,24?,25?,27-/m0/s1. The summed E-state index contributed by atoms with van der Waals surface area (Å²) in [6.07, 6.45) is 2.98. The SMILES string of the molecule is CCC1COCCC1NC1CC[C@@](C(=O)N2CC=C(c3cccc(C(F)(F)F)c3)CC2)(C(C)C)C1. The minimum Gasteiger partial charge on any atom is -0.381 e. The summed E-state index contributed by atoms with van der Waals surface area (Å²) in [5.41, 5.74) is 0.464. The average Bonchev–Trinajstić information content (AvgIpc) is 3.29. The zero-order valence-corrected chi connectivity index (χ0v) is 21.2. The van der Waals surface area contributed by atoms with E-state index in [0.29, 0.717) is 43.1 Å². The molecule has 194 valence electrons. The van der Waals surface area contributed by atoms with Gasteiger partial charge in [0, 0.05) is 31.8 Å². The van der Waals surface area contributed by atoms with Crippen LogP contribution in [0.25, 0.3) is 5.57 Å². The van der Waals surface area contributed by atoms with Crippen LogP contribution in [0.1, 0.15) is 70.4 Å². The number of ether oxygens (including phenoxy) is 1. The summed E-state index contributed by atoms with van der Waals surface area (Å²) < 4.78 is 45.1. The molecule has 35 heavy (non-hydrogen) atoms. The van der Waals surface area contributed by atoms with Crippen molar-refractivity contribution >= 4 is 11.5 Å². The molecule has 1 aromatic carbocycles. The van der Waals surface area contributed by atoms with Crippen molar-refractivity contribution in [2.24, 2.45) is 17.3 Å². The van der Waals surface area contributed by atoms with E-state index in [1.807, 2.05) is 11.0 Å². The van der Waals surface area contributed by atoms with Gasteiger partial charge in [-0.05, 0) is 73.6 Å². The predicted molar refractivity (Wildman–Crippen MR) is 132 cm³/mol. The molecule has 4 rings (SSSR count). The fourth-order valence-electron chi connectivity index (χ4n) is 6.23. The van der Waals surface area contributed by atoms with Crippen molar-refractivity contribution < 1.29 is 22.7 Å². The fourth-order valence-corrected chi connectivity index (χ4v) is 6.23. The quantitative estimate of drug-likeness (QED) is 0.536. The molecule has 2 fully saturated rings. The van der Waals surface area contributed by atoms with Crippen molar-refractivity contribution in [2.45, 2.75) is 77.6 Å². The zero-order valence-electron chi connectivity index (χ0n) is 21.2. The van der Waals surface area contributed by atoms with Crippen LogP contribution in [0.3, 0.4) is 0 Å². The van der Waals surface area contributed by atoms with Gasteiger partial charge in [0.1, 0.15) is 0 Å². The Balaban J connectivity index is 1.43. The van der Waals surface area contributed by atoms with Gasteiger partial charge in [-0.15, -0.1) is 0 Å². The average molecular weight is 493 g/mol. The second kappa shape index (κ2) is 10.6. The van der Waals surface area contributed by atoms with E-state index >= 15 is 0 Å². The van der Waals surface area contributed by atoms with Crippen LogP contribution in [-0.2, 0) is 15.7 Å². The molecule has 2 heterocycles. The van der Waals surface area contributed by atoms with Crippen LogP contribution in [0.15, 0.2) is 30.3 Å². The molecule has 0 bridgehead atoms. The van der Waals surface area contributed by atoms with Crippen molar-refractivity contribution in [1.29, 1.82) is 0 Å². The third kappa shape index (κ3) is 5.61. The minimum atomic E-state index is -4.36. The van der Waals surface area contributed by atoms with E-state index in [0.717, 1.165) is 57.0 Å². The number of nitrogens with one attached hydrogen (secondary N) is 1. The Kier molecular flexibility index (Phi) is 7.96. The van der Waals surface area contributed by atoms with Gasteiger partial charge in [-0.3, -0.25) is 4.79 Å². The summed E-state index contributed by atoms with van der Waals surface area (Å²) >= 11 is 0. The summed E-state index contributed by atoms with van der Waals surface area (Å²) in [5.74, 6) is 0.956. The molecule has 3 unspecified atom stereocenters.